The monoisotopic (exact) mass is 438 g/mol. The van der Waals surface area contributed by atoms with Gasteiger partial charge >= 0.3 is 12.2 Å². The summed E-state index contributed by atoms with van der Waals surface area (Å²) in [5.41, 5.74) is 0.687. The van der Waals surface area contributed by atoms with Crippen LogP contribution in [0.15, 0.2) is 12.3 Å². The second kappa shape index (κ2) is 7.69. The molecule has 2 aromatic rings. The van der Waals surface area contributed by atoms with E-state index in [9.17, 15) is 22.8 Å². The number of nitrogens with one attached hydrogen (secondary N) is 1. The van der Waals surface area contributed by atoms with Crippen LogP contribution in [0.2, 0.25) is 0 Å². The fraction of sp³-hybridized carbons (Fsp3) is 0.600. The number of alkyl halides is 3. The molecule has 0 spiro atoms. The average Bonchev–Trinajstić information content (AvgIpc) is 3.42. The molecule has 8 nitrogen and oxygen atoms in total. The molecule has 1 N–H and O–H groups in total. The van der Waals surface area contributed by atoms with Gasteiger partial charge in [-0.05, 0) is 46.0 Å². The number of nitrogens with zero attached hydrogens (tertiary/aromatic N) is 5. The molecule has 31 heavy (non-hydrogen) atoms. The zero-order valence-electron chi connectivity index (χ0n) is 17.6. The number of rotatable bonds is 5. The molecule has 0 bridgehead atoms. The van der Waals surface area contributed by atoms with E-state index in [0.717, 1.165) is 6.42 Å². The molecule has 2 fully saturated rings. The molecule has 1 saturated carbocycles. The molecule has 3 heterocycles. The van der Waals surface area contributed by atoms with Gasteiger partial charge in [-0.2, -0.15) is 18.3 Å². The highest BCUT2D eigenvalue weighted by atomic mass is 19.4. The maximum absolute atomic E-state index is 13.3. The molecule has 168 valence electrons. The van der Waals surface area contributed by atoms with Crippen molar-refractivity contribution < 1.29 is 22.8 Å². The number of urea groups is 1. The van der Waals surface area contributed by atoms with E-state index in [1.807, 2.05) is 13.8 Å². The van der Waals surface area contributed by atoms with E-state index in [-0.39, 0.29) is 23.3 Å². The predicted molar refractivity (Wildman–Crippen MR) is 107 cm³/mol. The molecule has 1 unspecified atom stereocenters. The van der Waals surface area contributed by atoms with Gasteiger partial charge in [0, 0.05) is 30.9 Å². The number of aryl methyl sites for hydroxylation is 1. The summed E-state index contributed by atoms with van der Waals surface area (Å²) < 4.78 is 41.4. The Balaban J connectivity index is 1.67. The molecule has 0 aromatic carbocycles. The summed E-state index contributed by atoms with van der Waals surface area (Å²) in [4.78, 5) is 33.3. The molecule has 11 heteroatoms. The number of carbonyl (C=O) groups excluding carboxylic acids is 2. The minimum atomic E-state index is -4.52. The smallest absolute Gasteiger partial charge is 0.340 e. The van der Waals surface area contributed by atoms with Crippen LogP contribution in [0, 0.1) is 12.8 Å². The van der Waals surface area contributed by atoms with E-state index in [4.69, 9.17) is 0 Å². The van der Waals surface area contributed by atoms with Gasteiger partial charge in [0.2, 0.25) is 0 Å². The molecule has 3 amide bonds. The van der Waals surface area contributed by atoms with Gasteiger partial charge in [0.1, 0.15) is 17.4 Å². The zero-order chi connectivity index (χ0) is 22.5. The third kappa shape index (κ3) is 4.05. The van der Waals surface area contributed by atoms with Gasteiger partial charge < -0.3 is 10.2 Å². The summed E-state index contributed by atoms with van der Waals surface area (Å²) in [6, 6.07) is -0.360. The zero-order valence-corrected chi connectivity index (χ0v) is 17.6. The van der Waals surface area contributed by atoms with Crippen molar-refractivity contribution in [2.45, 2.75) is 58.3 Å². The number of fused-ring (bicyclic) bond motifs is 1. The number of hydrogen-bond donors (Lipinski definition) is 1. The summed E-state index contributed by atoms with van der Waals surface area (Å²) in [5, 5.41) is 6.23. The van der Waals surface area contributed by atoms with Crippen molar-refractivity contribution >= 4 is 23.4 Å². The Morgan fingerprint density at radius 1 is 1.26 bits per heavy atom. The summed E-state index contributed by atoms with van der Waals surface area (Å²) in [5.74, 6) is -1.12. The number of halogens is 3. The van der Waals surface area contributed by atoms with Crippen molar-refractivity contribution in [2.24, 2.45) is 5.92 Å². The lowest BCUT2D eigenvalue weighted by atomic mass is 10.1. The summed E-state index contributed by atoms with van der Waals surface area (Å²) >= 11 is 0. The third-order valence-electron chi connectivity index (χ3n) is 5.77. The van der Waals surface area contributed by atoms with Crippen LogP contribution in [0.1, 0.15) is 49.2 Å². The Bertz CT molecular complexity index is 1010. The van der Waals surface area contributed by atoms with Gasteiger partial charge in [-0.25, -0.2) is 14.3 Å². The Kier molecular flexibility index (Phi) is 5.30. The molecule has 1 aliphatic heterocycles. The lowest BCUT2D eigenvalue weighted by molar-refractivity contribution is -0.158. The first-order valence-electron chi connectivity index (χ1n) is 10.4. The van der Waals surface area contributed by atoms with Crippen molar-refractivity contribution in [3.63, 3.8) is 0 Å². The van der Waals surface area contributed by atoms with Gasteiger partial charge in [0.05, 0.1) is 6.20 Å². The van der Waals surface area contributed by atoms with Gasteiger partial charge in [0.25, 0.3) is 5.91 Å². The highest BCUT2D eigenvalue weighted by molar-refractivity contribution is 6.00. The third-order valence-corrected chi connectivity index (χ3v) is 5.77. The first kappa shape index (κ1) is 21.4. The Hall–Kier alpha value is -2.85. The molecule has 1 saturated heterocycles. The SMILES string of the molecule is Cc1cc(N2CCCN(C(C)C)C2=O)nc2c(C(=O)NC(C3CC3)C(F)(F)F)cnn12. The van der Waals surface area contributed by atoms with E-state index < -0.39 is 24.0 Å². The second-order valence-electron chi connectivity index (χ2n) is 8.45. The van der Waals surface area contributed by atoms with Gasteiger partial charge in [-0.1, -0.05) is 0 Å². The number of amides is 3. The van der Waals surface area contributed by atoms with Crippen LogP contribution in [0.25, 0.3) is 5.65 Å². The predicted octanol–water partition coefficient (Wildman–Crippen LogP) is 3.15. The number of hydrogen-bond acceptors (Lipinski definition) is 4. The van der Waals surface area contributed by atoms with Crippen molar-refractivity contribution in [3.8, 4) is 0 Å². The van der Waals surface area contributed by atoms with Crippen molar-refractivity contribution in [3.05, 3.63) is 23.5 Å². The molecule has 2 aliphatic rings. The average molecular weight is 438 g/mol. The first-order valence-corrected chi connectivity index (χ1v) is 10.4. The van der Waals surface area contributed by atoms with Crippen molar-refractivity contribution in [2.75, 3.05) is 18.0 Å². The molecule has 0 radical (unpaired) electrons. The maximum Gasteiger partial charge on any atom is 0.408 e. The highest BCUT2D eigenvalue weighted by Crippen LogP contribution is 2.40. The molecular weight excluding hydrogens is 413 g/mol. The summed E-state index contributed by atoms with van der Waals surface area (Å²) in [6.07, 6.45) is -1.67. The highest BCUT2D eigenvalue weighted by Gasteiger charge is 2.50. The molecular formula is C20H25F3N6O2. The maximum atomic E-state index is 13.3. The van der Waals surface area contributed by atoms with Gasteiger partial charge in [-0.3, -0.25) is 9.69 Å². The lowest BCUT2D eigenvalue weighted by Gasteiger charge is -2.37. The van der Waals surface area contributed by atoms with E-state index in [1.165, 1.54) is 15.6 Å². The Morgan fingerprint density at radius 2 is 1.97 bits per heavy atom. The van der Waals surface area contributed by atoms with Crippen LogP contribution < -0.4 is 10.2 Å². The van der Waals surface area contributed by atoms with Gasteiger partial charge in [-0.15, -0.1) is 0 Å². The van der Waals surface area contributed by atoms with Crippen LogP contribution in [-0.2, 0) is 0 Å². The fourth-order valence-corrected chi connectivity index (χ4v) is 3.95. The molecule has 1 atom stereocenters. The largest absolute Gasteiger partial charge is 0.408 e. The van der Waals surface area contributed by atoms with E-state index in [1.54, 1.807) is 17.9 Å². The standard InChI is InChI=1S/C20H25F3N6O2/c1-11(2)27-7-4-8-28(19(27)31)15-9-12(3)29-17(25-15)14(10-24-29)18(30)26-16(13-5-6-13)20(21,22)23/h9-11,13,16H,4-8H2,1-3H3,(H,26,30). The van der Waals surface area contributed by atoms with Crippen LogP contribution in [0.3, 0.4) is 0 Å². The minimum absolute atomic E-state index is 0.0261. The van der Waals surface area contributed by atoms with Crippen LogP contribution in [0.5, 0.6) is 0 Å². The first-order chi connectivity index (χ1) is 14.6. The fourth-order valence-electron chi connectivity index (χ4n) is 3.95. The second-order valence-corrected chi connectivity index (χ2v) is 8.45. The van der Waals surface area contributed by atoms with E-state index in [2.05, 4.69) is 15.4 Å². The quantitative estimate of drug-likeness (QED) is 0.778. The Morgan fingerprint density at radius 3 is 2.58 bits per heavy atom. The minimum Gasteiger partial charge on any atom is -0.340 e. The lowest BCUT2D eigenvalue weighted by Crippen LogP contribution is -2.52. The number of anilines is 1. The topological polar surface area (TPSA) is 82.8 Å². The molecule has 4 rings (SSSR count). The van der Waals surface area contributed by atoms with Crippen molar-refractivity contribution in [1.29, 1.82) is 0 Å². The van der Waals surface area contributed by atoms with Crippen molar-refractivity contribution in [1.82, 2.24) is 24.8 Å². The van der Waals surface area contributed by atoms with Crippen LogP contribution >= 0.6 is 0 Å². The van der Waals surface area contributed by atoms with E-state index in [0.29, 0.717) is 37.4 Å². The molecule has 1 aliphatic carbocycles. The summed E-state index contributed by atoms with van der Waals surface area (Å²) in [6.45, 7) is 6.72. The normalized spacial score (nSPS) is 18.7. The van der Waals surface area contributed by atoms with Crippen LogP contribution in [-0.4, -0.2) is 62.8 Å². The number of carbonyl (C=O) groups is 2. The Labute approximate surface area is 177 Å². The number of aromatic nitrogens is 3. The van der Waals surface area contributed by atoms with Gasteiger partial charge in [0.15, 0.2) is 5.65 Å². The van der Waals surface area contributed by atoms with Crippen LogP contribution in [0.4, 0.5) is 23.8 Å². The van der Waals surface area contributed by atoms with E-state index >= 15 is 0 Å². The summed E-state index contributed by atoms with van der Waals surface area (Å²) in [7, 11) is 0. The molecule has 2 aromatic heterocycles.